The number of pyridine rings is 1. The number of hydrogen-bond acceptors (Lipinski definition) is 1. The fourth-order valence-electron chi connectivity index (χ4n) is 9.86. The molecule has 8 aromatic carbocycles. The molecule has 2 aromatic heterocycles. The smallest absolute Gasteiger partial charge is 0.0754 e. The third-order valence-corrected chi connectivity index (χ3v) is 12.0. The van der Waals surface area contributed by atoms with Crippen LogP contribution in [0.3, 0.4) is 0 Å². The van der Waals surface area contributed by atoms with E-state index in [0.717, 1.165) is 22.2 Å². The van der Waals surface area contributed by atoms with Crippen LogP contribution in [0, 0.1) is 0 Å². The summed E-state index contributed by atoms with van der Waals surface area (Å²) >= 11 is 0. The van der Waals surface area contributed by atoms with Crippen LogP contribution >= 0.6 is 0 Å². The molecular formula is C52H32N2. The highest BCUT2D eigenvalue weighted by molar-refractivity contribution is 6.13. The molecular weight excluding hydrogens is 653 g/mol. The largest absolute Gasteiger partial charge is 0.309 e. The predicted octanol–water partition coefficient (Wildman–Crippen LogP) is 13.0. The number of hydrogen-bond donors (Lipinski definition) is 0. The van der Waals surface area contributed by atoms with Gasteiger partial charge in [-0.3, -0.25) is 0 Å². The Morgan fingerprint density at radius 3 is 1.91 bits per heavy atom. The van der Waals surface area contributed by atoms with Gasteiger partial charge in [-0.2, -0.15) is 0 Å². The van der Waals surface area contributed by atoms with Crippen molar-refractivity contribution >= 4 is 32.7 Å². The van der Waals surface area contributed by atoms with Gasteiger partial charge in [-0.25, -0.2) is 4.98 Å². The number of aromatic nitrogens is 2. The molecule has 0 fully saturated rings. The zero-order valence-corrected chi connectivity index (χ0v) is 29.4. The van der Waals surface area contributed by atoms with Crippen LogP contribution in [-0.4, -0.2) is 9.55 Å². The van der Waals surface area contributed by atoms with Crippen molar-refractivity contribution in [1.82, 2.24) is 9.55 Å². The van der Waals surface area contributed by atoms with Crippen LogP contribution in [0.25, 0.3) is 83.0 Å². The quantitative estimate of drug-likeness (QED) is 0.181. The highest BCUT2D eigenvalue weighted by atomic mass is 15.0. The molecule has 54 heavy (non-hydrogen) atoms. The van der Waals surface area contributed by atoms with Crippen LogP contribution in [0.5, 0.6) is 0 Å². The van der Waals surface area contributed by atoms with Gasteiger partial charge in [0.1, 0.15) is 0 Å². The Morgan fingerprint density at radius 2 is 1.02 bits per heavy atom. The molecule has 250 valence electrons. The molecule has 12 rings (SSSR count). The molecule has 2 aliphatic rings. The SMILES string of the molecule is c1ccc(-c2cc(-c3ccccc3-c3ccc4c(c3)-c3ccccc3C43c4ccccc4-n4c5ccccc5c5cccc3c54)nc3ccccc23)cc1. The first-order valence-electron chi connectivity index (χ1n) is 18.7. The van der Waals surface area contributed by atoms with Crippen molar-refractivity contribution < 1.29 is 0 Å². The van der Waals surface area contributed by atoms with Crippen molar-refractivity contribution in [3.8, 4) is 50.3 Å². The lowest BCUT2D eigenvalue weighted by Crippen LogP contribution is -2.33. The summed E-state index contributed by atoms with van der Waals surface area (Å²) in [5.41, 5.74) is 19.1. The van der Waals surface area contributed by atoms with Crippen molar-refractivity contribution in [2.45, 2.75) is 5.41 Å². The summed E-state index contributed by atoms with van der Waals surface area (Å²) in [5, 5.41) is 3.75. The molecule has 1 unspecified atom stereocenters. The number of rotatable bonds is 3. The zero-order chi connectivity index (χ0) is 35.4. The van der Waals surface area contributed by atoms with Gasteiger partial charge in [-0.15, -0.1) is 0 Å². The Morgan fingerprint density at radius 1 is 0.370 bits per heavy atom. The maximum atomic E-state index is 5.28. The first-order valence-corrected chi connectivity index (χ1v) is 18.7. The highest BCUT2D eigenvalue weighted by Gasteiger charge is 2.50. The second kappa shape index (κ2) is 11.0. The summed E-state index contributed by atoms with van der Waals surface area (Å²) in [6.07, 6.45) is 0. The van der Waals surface area contributed by atoms with Gasteiger partial charge < -0.3 is 4.57 Å². The van der Waals surface area contributed by atoms with Crippen molar-refractivity contribution in [2.24, 2.45) is 0 Å². The Kier molecular flexibility index (Phi) is 6.01. The summed E-state index contributed by atoms with van der Waals surface area (Å²) in [7, 11) is 0. The third kappa shape index (κ3) is 3.81. The normalized spacial score (nSPS) is 15.1. The Bertz CT molecular complexity index is 3170. The first-order chi connectivity index (χ1) is 26.8. The molecule has 1 atom stereocenters. The molecule has 2 nitrogen and oxygen atoms in total. The second-order valence-corrected chi connectivity index (χ2v) is 14.6. The molecule has 1 aliphatic heterocycles. The van der Waals surface area contributed by atoms with Gasteiger partial charge in [0, 0.05) is 21.7 Å². The molecule has 0 saturated heterocycles. The van der Waals surface area contributed by atoms with E-state index in [1.54, 1.807) is 0 Å². The molecule has 10 aromatic rings. The average molecular weight is 685 g/mol. The number of para-hydroxylation sites is 4. The van der Waals surface area contributed by atoms with E-state index in [9.17, 15) is 0 Å². The molecule has 0 N–H and O–H groups in total. The van der Waals surface area contributed by atoms with Crippen LogP contribution in [-0.2, 0) is 5.41 Å². The van der Waals surface area contributed by atoms with Crippen molar-refractivity contribution in [3.05, 3.63) is 216 Å². The molecule has 3 heterocycles. The van der Waals surface area contributed by atoms with Gasteiger partial charge in [0.15, 0.2) is 0 Å². The second-order valence-electron chi connectivity index (χ2n) is 14.6. The van der Waals surface area contributed by atoms with Crippen LogP contribution in [0.15, 0.2) is 194 Å². The van der Waals surface area contributed by atoms with Crippen molar-refractivity contribution in [3.63, 3.8) is 0 Å². The van der Waals surface area contributed by atoms with Crippen molar-refractivity contribution in [1.29, 1.82) is 0 Å². The Hall–Kier alpha value is -7.03. The summed E-state index contributed by atoms with van der Waals surface area (Å²) < 4.78 is 2.51. The van der Waals surface area contributed by atoms with Gasteiger partial charge in [0.2, 0.25) is 0 Å². The number of benzene rings is 8. The fraction of sp³-hybridized carbons (Fsp3) is 0.0192. The van der Waals surface area contributed by atoms with Gasteiger partial charge in [0.25, 0.3) is 0 Å². The van der Waals surface area contributed by atoms with Crippen LogP contribution in [0.4, 0.5) is 0 Å². The fourth-order valence-corrected chi connectivity index (χ4v) is 9.86. The minimum atomic E-state index is -0.463. The van der Waals surface area contributed by atoms with E-state index in [4.69, 9.17) is 4.98 Å². The van der Waals surface area contributed by atoms with E-state index < -0.39 is 5.41 Å². The summed E-state index contributed by atoms with van der Waals surface area (Å²) in [4.78, 5) is 5.28. The maximum Gasteiger partial charge on any atom is 0.0754 e. The van der Waals surface area contributed by atoms with Gasteiger partial charge >= 0.3 is 0 Å². The Labute approximate surface area is 313 Å². The zero-order valence-electron chi connectivity index (χ0n) is 29.4. The lowest BCUT2D eigenvalue weighted by Gasteiger charge is -2.39. The minimum Gasteiger partial charge on any atom is -0.309 e. The lowest BCUT2D eigenvalue weighted by atomic mass is 9.65. The maximum absolute atomic E-state index is 5.28. The van der Waals surface area contributed by atoms with E-state index in [0.29, 0.717) is 0 Å². The lowest BCUT2D eigenvalue weighted by molar-refractivity contribution is 0.748. The van der Waals surface area contributed by atoms with E-state index in [1.807, 2.05) is 0 Å². The van der Waals surface area contributed by atoms with E-state index in [-0.39, 0.29) is 0 Å². The topological polar surface area (TPSA) is 17.8 Å². The molecule has 0 amide bonds. The van der Waals surface area contributed by atoms with E-state index in [2.05, 4.69) is 199 Å². The summed E-state index contributed by atoms with van der Waals surface area (Å²) in [6.45, 7) is 0. The third-order valence-electron chi connectivity index (χ3n) is 12.0. The summed E-state index contributed by atoms with van der Waals surface area (Å²) in [5.74, 6) is 0. The van der Waals surface area contributed by atoms with E-state index in [1.165, 1.54) is 83.1 Å². The van der Waals surface area contributed by atoms with Gasteiger partial charge in [0.05, 0.1) is 33.3 Å². The predicted molar refractivity (Wildman–Crippen MR) is 223 cm³/mol. The number of fused-ring (bicyclic) bond motifs is 13. The van der Waals surface area contributed by atoms with Gasteiger partial charge in [-0.05, 0) is 86.0 Å². The average Bonchev–Trinajstić information content (AvgIpc) is 3.74. The van der Waals surface area contributed by atoms with Crippen LogP contribution in [0.2, 0.25) is 0 Å². The molecule has 0 saturated carbocycles. The van der Waals surface area contributed by atoms with E-state index >= 15 is 0 Å². The molecule has 2 heteroatoms. The monoisotopic (exact) mass is 684 g/mol. The van der Waals surface area contributed by atoms with Crippen molar-refractivity contribution in [2.75, 3.05) is 0 Å². The van der Waals surface area contributed by atoms with Crippen LogP contribution < -0.4 is 0 Å². The van der Waals surface area contributed by atoms with Crippen LogP contribution in [0.1, 0.15) is 22.3 Å². The minimum absolute atomic E-state index is 0.463. The summed E-state index contributed by atoms with van der Waals surface area (Å²) in [6, 6.07) is 71.3. The Balaban J connectivity index is 1.12. The standard InChI is InChI=1S/C52H32N2/c1-2-15-33(16-3-1)41-32-48(53-47-26-11-7-20-38(41)47)37-19-5-4-17-35(37)34-29-30-44-42(31-34)36-18-6-9-23-43(36)52(44)45-24-10-13-28-50(45)54-49-27-12-8-21-39(49)40-22-14-25-46(52)51(40)54/h1-32H. The first kappa shape index (κ1) is 29.5. The molecule has 1 spiro atoms. The molecule has 0 radical (unpaired) electrons. The highest BCUT2D eigenvalue weighted by Crippen LogP contribution is 2.61. The number of nitrogens with zero attached hydrogens (tertiary/aromatic N) is 2. The van der Waals surface area contributed by atoms with Gasteiger partial charge in [-0.1, -0.05) is 164 Å². The molecule has 0 bridgehead atoms. The molecule has 1 aliphatic carbocycles.